The first-order valence-corrected chi connectivity index (χ1v) is 5.08. The van der Waals surface area contributed by atoms with Gasteiger partial charge in [0.15, 0.2) is 0 Å². The van der Waals surface area contributed by atoms with Crippen molar-refractivity contribution in [3.05, 3.63) is 41.7 Å². The van der Waals surface area contributed by atoms with Crippen molar-refractivity contribution in [2.45, 2.75) is 0 Å². The molecule has 0 aliphatic heterocycles. The Morgan fingerprint density at radius 2 is 2.31 bits per heavy atom. The van der Waals surface area contributed by atoms with Crippen LogP contribution in [0.2, 0.25) is 5.02 Å². The Kier molecular flexibility index (Phi) is 4.95. The van der Waals surface area contributed by atoms with Crippen LogP contribution in [0, 0.1) is 5.82 Å². The zero-order valence-corrected chi connectivity index (χ0v) is 9.35. The Hall–Kier alpha value is -1.39. The predicted molar refractivity (Wildman–Crippen MR) is 63.1 cm³/mol. The van der Waals surface area contributed by atoms with Gasteiger partial charge in [-0.2, -0.15) is 0 Å². The lowest BCUT2D eigenvalue weighted by Crippen LogP contribution is -2.28. The van der Waals surface area contributed by atoms with Gasteiger partial charge in [0.1, 0.15) is 5.82 Å². The zero-order valence-electron chi connectivity index (χ0n) is 8.59. The molecular formula is C11H12ClFN2O. The SMILES string of the molecule is C=CCNCC(=O)Nc1cc(F)ccc1Cl. The van der Waals surface area contributed by atoms with E-state index in [1.54, 1.807) is 6.08 Å². The maximum atomic E-state index is 12.9. The quantitative estimate of drug-likeness (QED) is 0.614. The molecule has 0 saturated carbocycles. The molecule has 1 aromatic rings. The number of hydrogen-bond donors (Lipinski definition) is 2. The van der Waals surface area contributed by atoms with Crippen LogP contribution in [0.5, 0.6) is 0 Å². The van der Waals surface area contributed by atoms with Crippen molar-refractivity contribution >= 4 is 23.2 Å². The lowest BCUT2D eigenvalue weighted by atomic mass is 10.3. The number of halogens is 2. The Balaban J connectivity index is 2.55. The summed E-state index contributed by atoms with van der Waals surface area (Å²) in [7, 11) is 0. The minimum Gasteiger partial charge on any atom is -0.324 e. The van der Waals surface area contributed by atoms with Gasteiger partial charge in [-0.3, -0.25) is 4.79 Å². The third kappa shape index (κ3) is 4.00. The molecule has 0 spiro atoms. The molecule has 0 unspecified atom stereocenters. The largest absolute Gasteiger partial charge is 0.324 e. The van der Waals surface area contributed by atoms with Gasteiger partial charge < -0.3 is 10.6 Å². The summed E-state index contributed by atoms with van der Waals surface area (Å²) in [5, 5.41) is 5.63. The van der Waals surface area contributed by atoms with Gasteiger partial charge >= 0.3 is 0 Å². The number of anilines is 1. The molecule has 86 valence electrons. The van der Waals surface area contributed by atoms with E-state index in [4.69, 9.17) is 11.6 Å². The molecule has 0 atom stereocenters. The van der Waals surface area contributed by atoms with Crippen molar-refractivity contribution in [1.29, 1.82) is 0 Å². The highest BCUT2D eigenvalue weighted by Gasteiger charge is 2.06. The molecule has 3 nitrogen and oxygen atoms in total. The van der Waals surface area contributed by atoms with Crippen LogP contribution in [-0.4, -0.2) is 19.0 Å². The summed E-state index contributed by atoms with van der Waals surface area (Å²) in [4.78, 5) is 11.4. The van der Waals surface area contributed by atoms with Gasteiger partial charge in [0, 0.05) is 6.54 Å². The number of amides is 1. The fourth-order valence-corrected chi connectivity index (χ4v) is 1.24. The second-order valence-corrected chi connectivity index (χ2v) is 3.50. The highest BCUT2D eigenvalue weighted by atomic mass is 35.5. The van der Waals surface area contributed by atoms with Gasteiger partial charge in [-0.15, -0.1) is 6.58 Å². The number of hydrogen-bond acceptors (Lipinski definition) is 2. The van der Waals surface area contributed by atoms with Gasteiger partial charge in [-0.1, -0.05) is 17.7 Å². The third-order valence-electron chi connectivity index (χ3n) is 1.78. The molecule has 1 aromatic carbocycles. The van der Waals surface area contributed by atoms with E-state index in [0.717, 1.165) is 0 Å². The number of carbonyl (C=O) groups excluding carboxylic acids is 1. The molecule has 0 bridgehead atoms. The van der Waals surface area contributed by atoms with Crippen molar-refractivity contribution in [3.8, 4) is 0 Å². The van der Waals surface area contributed by atoms with E-state index in [1.807, 2.05) is 0 Å². The van der Waals surface area contributed by atoms with Gasteiger partial charge in [0.05, 0.1) is 17.3 Å². The summed E-state index contributed by atoms with van der Waals surface area (Å²) < 4.78 is 12.9. The Morgan fingerprint density at radius 3 is 3.00 bits per heavy atom. The van der Waals surface area contributed by atoms with Crippen LogP contribution in [0.3, 0.4) is 0 Å². The van der Waals surface area contributed by atoms with Crippen LogP contribution >= 0.6 is 11.6 Å². The highest BCUT2D eigenvalue weighted by molar-refractivity contribution is 6.33. The molecule has 1 amide bonds. The summed E-state index contributed by atoms with van der Waals surface area (Å²) in [6.45, 7) is 4.16. The van der Waals surface area contributed by atoms with Crippen LogP contribution in [-0.2, 0) is 4.79 Å². The lowest BCUT2D eigenvalue weighted by Gasteiger charge is -2.07. The standard InChI is InChI=1S/C11H12ClFN2O/c1-2-5-14-7-11(16)15-10-6-8(13)3-4-9(10)12/h2-4,6,14H,1,5,7H2,(H,15,16). The fourth-order valence-electron chi connectivity index (χ4n) is 1.08. The molecule has 0 radical (unpaired) electrons. The molecule has 5 heteroatoms. The van der Waals surface area contributed by atoms with Gasteiger partial charge in [0.2, 0.25) is 5.91 Å². The van der Waals surface area contributed by atoms with Crippen molar-refractivity contribution in [3.63, 3.8) is 0 Å². The normalized spacial score (nSPS) is 9.88. The minimum atomic E-state index is -0.446. The minimum absolute atomic E-state index is 0.124. The molecule has 0 heterocycles. The Labute approximate surface area is 98.3 Å². The molecule has 0 aromatic heterocycles. The molecule has 1 rings (SSSR count). The number of benzene rings is 1. The maximum Gasteiger partial charge on any atom is 0.238 e. The lowest BCUT2D eigenvalue weighted by molar-refractivity contribution is -0.115. The first-order valence-electron chi connectivity index (χ1n) is 4.70. The smallest absolute Gasteiger partial charge is 0.238 e. The fraction of sp³-hybridized carbons (Fsp3) is 0.182. The van der Waals surface area contributed by atoms with E-state index in [-0.39, 0.29) is 18.1 Å². The van der Waals surface area contributed by atoms with Crippen LogP contribution in [0.1, 0.15) is 0 Å². The molecule has 0 aliphatic carbocycles. The molecule has 0 fully saturated rings. The number of rotatable bonds is 5. The van der Waals surface area contributed by atoms with Crippen LogP contribution in [0.4, 0.5) is 10.1 Å². The Bertz CT molecular complexity index is 396. The van der Waals surface area contributed by atoms with E-state index >= 15 is 0 Å². The van der Waals surface area contributed by atoms with Crippen LogP contribution < -0.4 is 10.6 Å². The predicted octanol–water partition coefficient (Wildman–Crippen LogP) is 2.19. The average Bonchev–Trinajstić information content (AvgIpc) is 2.24. The van der Waals surface area contributed by atoms with Crippen molar-refractivity contribution in [1.82, 2.24) is 5.32 Å². The van der Waals surface area contributed by atoms with Gasteiger partial charge in [-0.05, 0) is 18.2 Å². The monoisotopic (exact) mass is 242 g/mol. The summed E-state index contributed by atoms with van der Waals surface area (Å²) in [5.74, 6) is -0.729. The molecule has 0 saturated heterocycles. The van der Waals surface area contributed by atoms with E-state index < -0.39 is 5.82 Å². The third-order valence-corrected chi connectivity index (χ3v) is 2.11. The van der Waals surface area contributed by atoms with E-state index in [2.05, 4.69) is 17.2 Å². The number of carbonyl (C=O) groups is 1. The van der Waals surface area contributed by atoms with Gasteiger partial charge in [0.25, 0.3) is 0 Å². The second kappa shape index (κ2) is 6.25. The van der Waals surface area contributed by atoms with E-state index in [0.29, 0.717) is 11.6 Å². The van der Waals surface area contributed by atoms with Crippen molar-refractivity contribution < 1.29 is 9.18 Å². The summed E-state index contributed by atoms with van der Waals surface area (Å²) in [6.07, 6.45) is 1.64. The highest BCUT2D eigenvalue weighted by Crippen LogP contribution is 2.21. The maximum absolute atomic E-state index is 12.9. The van der Waals surface area contributed by atoms with Crippen molar-refractivity contribution in [2.24, 2.45) is 0 Å². The molecule has 16 heavy (non-hydrogen) atoms. The zero-order chi connectivity index (χ0) is 12.0. The number of nitrogens with one attached hydrogen (secondary N) is 2. The van der Waals surface area contributed by atoms with Crippen LogP contribution in [0.25, 0.3) is 0 Å². The summed E-state index contributed by atoms with van der Waals surface area (Å²) in [5.41, 5.74) is 0.270. The van der Waals surface area contributed by atoms with E-state index in [9.17, 15) is 9.18 Å². The molecular weight excluding hydrogens is 231 g/mol. The summed E-state index contributed by atoms with van der Waals surface area (Å²) in [6, 6.07) is 3.80. The Morgan fingerprint density at radius 1 is 1.56 bits per heavy atom. The topological polar surface area (TPSA) is 41.1 Å². The van der Waals surface area contributed by atoms with Gasteiger partial charge in [-0.25, -0.2) is 4.39 Å². The van der Waals surface area contributed by atoms with Crippen LogP contribution in [0.15, 0.2) is 30.9 Å². The van der Waals surface area contributed by atoms with Crippen molar-refractivity contribution in [2.75, 3.05) is 18.4 Å². The summed E-state index contributed by atoms with van der Waals surface area (Å²) >= 11 is 5.78. The second-order valence-electron chi connectivity index (χ2n) is 3.09. The van der Waals surface area contributed by atoms with E-state index in [1.165, 1.54) is 18.2 Å². The molecule has 2 N–H and O–H groups in total. The average molecular weight is 243 g/mol. The molecule has 0 aliphatic rings. The first-order chi connectivity index (χ1) is 7.63. The first kappa shape index (κ1) is 12.7.